The van der Waals surface area contributed by atoms with Crippen LogP contribution in [-0.4, -0.2) is 70.3 Å². The first kappa shape index (κ1) is 42.7. The number of methoxy groups -OCH3 is 1. The number of nitrogens with zero attached hydrogens (tertiary/aromatic N) is 3. The molecule has 45 heavy (non-hydrogen) atoms. The summed E-state index contributed by atoms with van der Waals surface area (Å²) in [6.07, 6.45) is 13.5. The summed E-state index contributed by atoms with van der Waals surface area (Å²) in [5, 5.41) is 8.37. The fraction of sp³-hybridized carbons (Fsp3) is 0.857. The minimum Gasteiger partial charge on any atom is -0.462 e. The molecule has 1 atom stereocenters. The second kappa shape index (κ2) is 24.8. The van der Waals surface area contributed by atoms with Crippen LogP contribution in [0.15, 0.2) is 6.20 Å². The molecule has 0 saturated carbocycles. The largest absolute Gasteiger partial charge is 0.462 e. The highest BCUT2D eigenvalue weighted by atomic mass is 16.6. The molecule has 0 aliphatic heterocycles. The molecule has 0 saturated heterocycles. The highest BCUT2D eigenvalue weighted by Crippen LogP contribution is 2.19. The maximum absolute atomic E-state index is 12.9. The highest BCUT2D eigenvalue weighted by molar-refractivity contribution is 5.86. The van der Waals surface area contributed by atoms with Crippen molar-refractivity contribution in [1.29, 1.82) is 0 Å². The minimum atomic E-state index is -0.921. The van der Waals surface area contributed by atoms with E-state index in [9.17, 15) is 14.4 Å². The standard InChI is InChI=1S/C33H59N3O7.C2H6/c1-8-10-12-14-16-18-30(38)41-26-28(43-31(39)19-17-15-13-11-9-2)25-36-24-27(34-35-36)20-21-29(37)33(5,6)42-23-22-32(3,4)40-7;1-2/h24,28H,8-23,25-26H2,1-7H3;1-2H3. The molecule has 0 aliphatic carbocycles. The van der Waals surface area contributed by atoms with Gasteiger partial charge in [-0.05, 0) is 47.0 Å². The molecular weight excluding hydrogens is 574 g/mol. The van der Waals surface area contributed by atoms with Gasteiger partial charge in [0.25, 0.3) is 0 Å². The van der Waals surface area contributed by atoms with E-state index >= 15 is 0 Å². The molecule has 0 fully saturated rings. The third-order valence-corrected chi connectivity index (χ3v) is 7.67. The van der Waals surface area contributed by atoms with Crippen molar-refractivity contribution < 1.29 is 33.3 Å². The molecule has 262 valence electrons. The Bertz CT molecular complexity index is 930. The van der Waals surface area contributed by atoms with E-state index in [4.69, 9.17) is 18.9 Å². The van der Waals surface area contributed by atoms with E-state index in [2.05, 4.69) is 24.2 Å². The number of carbonyl (C=O) groups excluding carboxylic acids is 3. The van der Waals surface area contributed by atoms with Gasteiger partial charge in [-0.25, -0.2) is 4.68 Å². The first-order valence-electron chi connectivity index (χ1n) is 17.4. The summed E-state index contributed by atoms with van der Waals surface area (Å²) in [5.74, 6) is -0.616. The molecule has 0 aliphatic rings. The molecule has 10 heteroatoms. The van der Waals surface area contributed by atoms with E-state index in [1.165, 1.54) is 6.42 Å². The fourth-order valence-electron chi connectivity index (χ4n) is 4.40. The molecule has 1 unspecified atom stereocenters. The number of hydrogen-bond acceptors (Lipinski definition) is 9. The summed E-state index contributed by atoms with van der Waals surface area (Å²) in [6.45, 7) is 16.4. The maximum Gasteiger partial charge on any atom is 0.306 e. The minimum absolute atomic E-state index is 0.0235. The summed E-state index contributed by atoms with van der Waals surface area (Å²) in [6, 6.07) is 0. The summed E-state index contributed by atoms with van der Waals surface area (Å²) in [4.78, 5) is 37.7. The molecule has 0 spiro atoms. The lowest BCUT2D eigenvalue weighted by molar-refractivity contribution is -0.160. The third-order valence-electron chi connectivity index (χ3n) is 7.67. The summed E-state index contributed by atoms with van der Waals surface area (Å²) >= 11 is 0. The molecule has 0 N–H and O–H groups in total. The molecule has 0 radical (unpaired) electrons. The number of unbranched alkanes of at least 4 members (excludes halogenated alkanes) is 8. The van der Waals surface area contributed by atoms with Crippen LogP contribution in [-0.2, 0) is 46.3 Å². The van der Waals surface area contributed by atoms with E-state index in [1.807, 2.05) is 27.7 Å². The van der Waals surface area contributed by atoms with Crippen molar-refractivity contribution >= 4 is 17.7 Å². The van der Waals surface area contributed by atoms with Gasteiger partial charge in [0.15, 0.2) is 11.9 Å². The van der Waals surface area contributed by atoms with E-state index in [-0.39, 0.29) is 42.9 Å². The smallest absolute Gasteiger partial charge is 0.306 e. The van der Waals surface area contributed by atoms with Gasteiger partial charge in [0.2, 0.25) is 0 Å². The molecule has 10 nitrogen and oxygen atoms in total. The molecule has 1 aromatic heterocycles. The Kier molecular flexibility index (Phi) is 23.6. The highest BCUT2D eigenvalue weighted by Gasteiger charge is 2.29. The number of rotatable bonds is 26. The van der Waals surface area contributed by atoms with Crippen molar-refractivity contribution in [2.75, 3.05) is 20.3 Å². The average molecular weight is 640 g/mol. The van der Waals surface area contributed by atoms with E-state index in [0.29, 0.717) is 38.0 Å². The molecule has 1 aromatic rings. The van der Waals surface area contributed by atoms with Gasteiger partial charge in [-0.3, -0.25) is 14.4 Å². The van der Waals surface area contributed by atoms with Crippen molar-refractivity contribution in [2.24, 2.45) is 0 Å². The first-order valence-corrected chi connectivity index (χ1v) is 17.4. The molecule has 1 heterocycles. The Labute approximate surface area is 273 Å². The topological polar surface area (TPSA) is 119 Å². The number of carbonyl (C=O) groups is 3. The van der Waals surface area contributed by atoms with Gasteiger partial charge < -0.3 is 18.9 Å². The number of ether oxygens (including phenoxy) is 4. The van der Waals surface area contributed by atoms with E-state index < -0.39 is 11.7 Å². The van der Waals surface area contributed by atoms with Crippen LogP contribution in [0.25, 0.3) is 0 Å². The lowest BCUT2D eigenvalue weighted by Crippen LogP contribution is -2.37. The Morgan fingerprint density at radius 1 is 0.844 bits per heavy atom. The van der Waals surface area contributed by atoms with Gasteiger partial charge >= 0.3 is 11.9 Å². The summed E-state index contributed by atoms with van der Waals surface area (Å²) in [5.41, 5.74) is -0.588. The number of hydrogen-bond donors (Lipinski definition) is 0. The number of ketones is 1. The van der Waals surface area contributed by atoms with E-state index in [0.717, 1.165) is 57.8 Å². The second-order valence-electron chi connectivity index (χ2n) is 12.6. The second-order valence-corrected chi connectivity index (χ2v) is 12.6. The Morgan fingerprint density at radius 3 is 2.00 bits per heavy atom. The zero-order chi connectivity index (χ0) is 34.1. The Morgan fingerprint density at radius 2 is 1.42 bits per heavy atom. The Balaban J connectivity index is 0.00000947. The van der Waals surface area contributed by atoms with Crippen LogP contribution in [0.5, 0.6) is 0 Å². The molecular formula is C35H65N3O7. The quantitative estimate of drug-likeness (QED) is 0.0746. The maximum atomic E-state index is 12.9. The van der Waals surface area contributed by atoms with Crippen molar-refractivity contribution in [3.05, 3.63) is 11.9 Å². The lowest BCUT2D eigenvalue weighted by Gasteiger charge is -2.27. The number of esters is 2. The fourth-order valence-corrected chi connectivity index (χ4v) is 4.40. The van der Waals surface area contributed by atoms with Crippen molar-refractivity contribution in [3.63, 3.8) is 0 Å². The Hall–Kier alpha value is -2.33. The lowest BCUT2D eigenvalue weighted by atomic mass is 9.98. The predicted octanol–water partition coefficient (Wildman–Crippen LogP) is 7.59. The van der Waals surface area contributed by atoms with E-state index in [1.54, 1.807) is 31.8 Å². The molecule has 1 rings (SSSR count). The van der Waals surface area contributed by atoms with Crippen LogP contribution in [0.2, 0.25) is 0 Å². The number of aryl methyl sites for hydroxylation is 1. The van der Waals surface area contributed by atoms with Gasteiger partial charge in [-0.1, -0.05) is 84.3 Å². The first-order chi connectivity index (χ1) is 21.4. The third kappa shape index (κ3) is 21.2. The average Bonchev–Trinajstić information content (AvgIpc) is 3.46. The summed E-state index contributed by atoms with van der Waals surface area (Å²) < 4.78 is 24.1. The SMILES string of the molecule is CC.CCCCCCCC(=O)OCC(Cn1cc(CCC(=O)C(C)(C)OCCC(C)(C)OC)nn1)OC(=O)CCCCCCC. The molecule has 0 amide bonds. The van der Waals surface area contributed by atoms with Crippen LogP contribution in [0.1, 0.15) is 151 Å². The van der Waals surface area contributed by atoms with Crippen LogP contribution in [0.4, 0.5) is 0 Å². The van der Waals surface area contributed by atoms with Crippen molar-refractivity contribution in [2.45, 2.75) is 176 Å². The molecule has 0 aromatic carbocycles. The van der Waals surface area contributed by atoms with Gasteiger partial charge in [0.05, 0.1) is 24.4 Å². The zero-order valence-electron chi connectivity index (χ0n) is 30.1. The van der Waals surface area contributed by atoms with Crippen LogP contribution >= 0.6 is 0 Å². The van der Waals surface area contributed by atoms with Crippen molar-refractivity contribution in [3.8, 4) is 0 Å². The van der Waals surface area contributed by atoms with Gasteiger partial charge in [-0.2, -0.15) is 0 Å². The zero-order valence-corrected chi connectivity index (χ0v) is 30.1. The molecule has 0 bridgehead atoms. The number of aromatic nitrogens is 3. The monoisotopic (exact) mass is 639 g/mol. The summed E-state index contributed by atoms with van der Waals surface area (Å²) in [7, 11) is 1.66. The van der Waals surface area contributed by atoms with Crippen LogP contribution < -0.4 is 0 Å². The van der Waals surface area contributed by atoms with Gasteiger partial charge in [-0.15, -0.1) is 5.10 Å². The normalized spacial score (nSPS) is 12.3. The van der Waals surface area contributed by atoms with Gasteiger partial charge in [0, 0.05) is 39.0 Å². The number of Topliss-reactive ketones (excluding diaryl/α,β-unsaturated/α-hetero) is 1. The van der Waals surface area contributed by atoms with Crippen molar-refractivity contribution in [1.82, 2.24) is 15.0 Å². The predicted molar refractivity (Wildman–Crippen MR) is 178 cm³/mol. The van der Waals surface area contributed by atoms with Gasteiger partial charge in [0.1, 0.15) is 12.2 Å². The van der Waals surface area contributed by atoms with Crippen LogP contribution in [0.3, 0.4) is 0 Å². The van der Waals surface area contributed by atoms with Crippen LogP contribution in [0, 0.1) is 0 Å².